The molecule has 1 heterocycles. The first-order valence-corrected chi connectivity index (χ1v) is 8.09. The Balaban J connectivity index is 1.82. The van der Waals surface area contributed by atoms with Gasteiger partial charge >= 0.3 is 0 Å². The summed E-state index contributed by atoms with van der Waals surface area (Å²) in [5.41, 5.74) is 4.73. The van der Waals surface area contributed by atoms with Gasteiger partial charge in [-0.3, -0.25) is 20.4 Å². The predicted molar refractivity (Wildman–Crippen MR) is 88.4 cm³/mol. The number of nitrogens with one attached hydrogen (secondary N) is 3. The third-order valence-corrected chi connectivity index (χ3v) is 3.66. The number of benzene rings is 1. The molecule has 1 unspecified atom stereocenters. The normalized spacial score (nSPS) is 11.5. The Labute approximate surface area is 142 Å². The lowest BCUT2D eigenvalue weighted by molar-refractivity contribution is -0.128. The zero-order valence-corrected chi connectivity index (χ0v) is 13.9. The van der Waals surface area contributed by atoms with Crippen molar-refractivity contribution in [1.29, 1.82) is 0 Å². The van der Waals surface area contributed by atoms with Crippen LogP contribution in [-0.2, 0) is 4.79 Å². The smallest absolute Gasteiger partial charge is 0.289 e. The van der Waals surface area contributed by atoms with Gasteiger partial charge in [0.1, 0.15) is 17.3 Å². The minimum atomic E-state index is -0.872. The van der Waals surface area contributed by atoms with E-state index >= 15 is 0 Å². The minimum absolute atomic E-state index is 0.198. The van der Waals surface area contributed by atoms with E-state index in [1.54, 1.807) is 5.38 Å². The number of anilines is 1. The molecule has 0 aliphatic carbocycles. The lowest BCUT2D eigenvalue weighted by Crippen LogP contribution is -2.47. The topological polar surface area (TPSA) is 92.4 Å². The first-order chi connectivity index (χ1) is 11.5. The number of carbonyl (C=O) groups is 2. The van der Waals surface area contributed by atoms with E-state index in [0.717, 1.165) is 0 Å². The zero-order chi connectivity index (χ0) is 17.5. The van der Waals surface area contributed by atoms with Gasteiger partial charge in [0.05, 0.1) is 0 Å². The van der Waals surface area contributed by atoms with Crippen molar-refractivity contribution in [3.05, 3.63) is 41.2 Å². The number of aromatic nitrogens is 1. The summed E-state index contributed by atoms with van der Waals surface area (Å²) in [5.74, 6) is -1.13. The van der Waals surface area contributed by atoms with E-state index in [-0.39, 0.29) is 5.69 Å². The molecule has 0 fully saturated rings. The molecule has 0 radical (unpaired) electrons. The summed E-state index contributed by atoms with van der Waals surface area (Å²) in [6.45, 7) is 4.13. The second-order valence-corrected chi connectivity index (χ2v) is 5.58. The maximum Gasteiger partial charge on any atom is 0.289 e. The highest BCUT2D eigenvalue weighted by molar-refractivity contribution is 7.13. The first-order valence-electron chi connectivity index (χ1n) is 7.21. The average molecular weight is 352 g/mol. The summed E-state index contributed by atoms with van der Waals surface area (Å²) in [6, 6.07) is 5.28. The largest absolute Gasteiger partial charge is 0.481 e. The van der Waals surface area contributed by atoms with Gasteiger partial charge in [-0.05, 0) is 38.1 Å². The molecule has 0 saturated heterocycles. The number of rotatable bonds is 6. The van der Waals surface area contributed by atoms with Crippen LogP contribution in [0.1, 0.15) is 24.3 Å². The Morgan fingerprint density at radius 1 is 1.29 bits per heavy atom. The number of ether oxygens (including phenoxy) is 1. The molecule has 0 aliphatic heterocycles. The Morgan fingerprint density at radius 3 is 2.67 bits per heavy atom. The molecule has 0 aliphatic rings. The molecule has 7 nitrogen and oxygen atoms in total. The Bertz CT molecular complexity index is 705. The van der Waals surface area contributed by atoms with Crippen LogP contribution in [0.25, 0.3) is 0 Å². The molecule has 24 heavy (non-hydrogen) atoms. The molecule has 9 heteroatoms. The number of nitrogens with zero attached hydrogens (tertiary/aromatic N) is 1. The number of hydrogen-bond donors (Lipinski definition) is 3. The van der Waals surface area contributed by atoms with Crippen molar-refractivity contribution >= 4 is 28.3 Å². The van der Waals surface area contributed by atoms with Gasteiger partial charge in [-0.1, -0.05) is 0 Å². The quantitative estimate of drug-likeness (QED) is 0.691. The number of hydrazine groups is 1. The number of amides is 2. The second kappa shape index (κ2) is 8.25. The minimum Gasteiger partial charge on any atom is -0.481 e. The lowest BCUT2D eigenvalue weighted by atomic mass is 10.3. The highest BCUT2D eigenvalue weighted by atomic mass is 32.1. The Hall–Kier alpha value is -2.68. The summed E-state index contributed by atoms with van der Waals surface area (Å²) >= 11 is 1.29. The fourth-order valence-electron chi connectivity index (χ4n) is 1.67. The van der Waals surface area contributed by atoms with E-state index in [1.807, 2.05) is 6.92 Å². The van der Waals surface area contributed by atoms with Gasteiger partial charge in [0.25, 0.3) is 11.8 Å². The summed E-state index contributed by atoms with van der Waals surface area (Å²) in [4.78, 5) is 27.9. The van der Waals surface area contributed by atoms with Crippen molar-refractivity contribution in [2.75, 3.05) is 11.9 Å². The highest BCUT2D eigenvalue weighted by Gasteiger charge is 2.17. The third kappa shape index (κ3) is 4.92. The maximum absolute atomic E-state index is 12.8. The van der Waals surface area contributed by atoms with E-state index in [1.165, 1.54) is 42.5 Å². The van der Waals surface area contributed by atoms with Crippen molar-refractivity contribution < 1.29 is 18.7 Å². The van der Waals surface area contributed by atoms with E-state index in [0.29, 0.717) is 17.4 Å². The summed E-state index contributed by atoms with van der Waals surface area (Å²) in [7, 11) is 0. The molecule has 2 amide bonds. The monoisotopic (exact) mass is 352 g/mol. The molecule has 1 aromatic heterocycles. The fourth-order valence-corrected chi connectivity index (χ4v) is 2.43. The van der Waals surface area contributed by atoms with E-state index < -0.39 is 23.7 Å². The molecule has 3 N–H and O–H groups in total. The Kier molecular flexibility index (Phi) is 6.07. The molecule has 1 aromatic carbocycles. The van der Waals surface area contributed by atoms with Crippen LogP contribution < -0.4 is 20.9 Å². The van der Waals surface area contributed by atoms with Crippen molar-refractivity contribution in [1.82, 2.24) is 15.8 Å². The fraction of sp³-hybridized carbons (Fsp3) is 0.267. The SMILES string of the molecule is CCNc1nc(C(=O)NNC(=O)C(C)Oc2ccc(F)cc2)cs1. The maximum atomic E-state index is 12.8. The van der Waals surface area contributed by atoms with Crippen molar-refractivity contribution in [3.63, 3.8) is 0 Å². The molecule has 128 valence electrons. The zero-order valence-electron chi connectivity index (χ0n) is 13.1. The van der Waals surface area contributed by atoms with Gasteiger partial charge < -0.3 is 10.1 Å². The molecule has 0 spiro atoms. The third-order valence-electron chi connectivity index (χ3n) is 2.86. The van der Waals surface area contributed by atoms with Crippen molar-refractivity contribution in [2.45, 2.75) is 20.0 Å². The van der Waals surface area contributed by atoms with Crippen LogP contribution in [0.15, 0.2) is 29.6 Å². The van der Waals surface area contributed by atoms with Gasteiger partial charge in [0.15, 0.2) is 11.2 Å². The first kappa shape index (κ1) is 17.7. The molecule has 0 bridgehead atoms. The van der Waals surface area contributed by atoms with Crippen LogP contribution >= 0.6 is 11.3 Å². The van der Waals surface area contributed by atoms with E-state index in [4.69, 9.17) is 4.74 Å². The number of hydrogen-bond acceptors (Lipinski definition) is 6. The van der Waals surface area contributed by atoms with Crippen LogP contribution in [0.3, 0.4) is 0 Å². The average Bonchev–Trinajstić information content (AvgIpc) is 3.03. The van der Waals surface area contributed by atoms with Crippen LogP contribution in [0, 0.1) is 5.82 Å². The number of halogens is 1. The Morgan fingerprint density at radius 2 is 2.00 bits per heavy atom. The molecule has 2 rings (SSSR count). The molecule has 1 atom stereocenters. The van der Waals surface area contributed by atoms with Crippen LogP contribution in [0.5, 0.6) is 5.75 Å². The molecular formula is C15H17FN4O3S. The number of carbonyl (C=O) groups excluding carboxylic acids is 2. The summed E-state index contributed by atoms with van der Waals surface area (Å²) < 4.78 is 18.2. The summed E-state index contributed by atoms with van der Waals surface area (Å²) in [5, 5.41) is 5.20. The molecular weight excluding hydrogens is 335 g/mol. The lowest BCUT2D eigenvalue weighted by Gasteiger charge is -2.14. The van der Waals surface area contributed by atoms with Crippen LogP contribution in [-0.4, -0.2) is 29.4 Å². The van der Waals surface area contributed by atoms with E-state index in [9.17, 15) is 14.0 Å². The van der Waals surface area contributed by atoms with Crippen LogP contribution in [0.4, 0.5) is 9.52 Å². The predicted octanol–water partition coefficient (Wildman–Crippen LogP) is 1.94. The molecule has 2 aromatic rings. The standard InChI is InChI=1S/C15H17FN4O3S/c1-3-17-15-18-12(8-24-15)14(22)20-19-13(21)9(2)23-11-6-4-10(16)5-7-11/h4-9H,3H2,1-2H3,(H,17,18)(H,19,21)(H,20,22). The van der Waals surface area contributed by atoms with Gasteiger partial charge in [0, 0.05) is 11.9 Å². The summed E-state index contributed by atoms with van der Waals surface area (Å²) in [6.07, 6.45) is -0.872. The second-order valence-electron chi connectivity index (χ2n) is 4.73. The van der Waals surface area contributed by atoms with Crippen LogP contribution in [0.2, 0.25) is 0 Å². The highest BCUT2D eigenvalue weighted by Crippen LogP contribution is 2.15. The van der Waals surface area contributed by atoms with E-state index in [2.05, 4.69) is 21.2 Å². The van der Waals surface area contributed by atoms with Gasteiger partial charge in [-0.2, -0.15) is 0 Å². The van der Waals surface area contributed by atoms with Crippen molar-refractivity contribution in [3.8, 4) is 5.75 Å². The van der Waals surface area contributed by atoms with Crippen molar-refractivity contribution in [2.24, 2.45) is 0 Å². The van der Waals surface area contributed by atoms with Gasteiger partial charge in [0.2, 0.25) is 0 Å². The number of thiazole rings is 1. The van der Waals surface area contributed by atoms with Gasteiger partial charge in [-0.15, -0.1) is 11.3 Å². The molecule has 0 saturated carbocycles. The van der Waals surface area contributed by atoms with Gasteiger partial charge in [-0.25, -0.2) is 9.37 Å².